The fourth-order valence-electron chi connectivity index (χ4n) is 10.4. The van der Waals surface area contributed by atoms with Crippen molar-refractivity contribution < 1.29 is 80.2 Å². The van der Waals surface area contributed by atoms with E-state index in [-0.39, 0.29) is 25.7 Å². The van der Waals surface area contributed by atoms with Crippen molar-refractivity contribution in [2.24, 2.45) is 11.8 Å². The highest BCUT2D eigenvalue weighted by Gasteiger charge is 2.30. The number of carbonyl (C=O) groups is 4. The number of phosphoric ester groups is 2. The van der Waals surface area contributed by atoms with E-state index in [1.807, 2.05) is 0 Å². The summed E-state index contributed by atoms with van der Waals surface area (Å²) in [5, 5.41) is 10.5. The second-order valence-corrected chi connectivity index (χ2v) is 28.8. The zero-order valence-corrected chi connectivity index (χ0v) is 58.8. The van der Waals surface area contributed by atoms with E-state index < -0.39 is 97.5 Å². The van der Waals surface area contributed by atoms with Gasteiger partial charge in [0.2, 0.25) is 0 Å². The molecule has 0 radical (unpaired) electrons. The average molecular weight is 1300 g/mol. The van der Waals surface area contributed by atoms with Crippen LogP contribution in [0.3, 0.4) is 0 Å². The maximum atomic E-state index is 13.0. The van der Waals surface area contributed by atoms with Crippen LogP contribution in [-0.4, -0.2) is 96.7 Å². The molecular formula is C69H134O17P2. The highest BCUT2D eigenvalue weighted by molar-refractivity contribution is 7.47. The quantitative estimate of drug-likeness (QED) is 0.0222. The Labute approximate surface area is 537 Å². The van der Waals surface area contributed by atoms with Gasteiger partial charge in [0, 0.05) is 25.7 Å². The molecule has 0 aromatic carbocycles. The lowest BCUT2D eigenvalue weighted by molar-refractivity contribution is -0.161. The van der Waals surface area contributed by atoms with Gasteiger partial charge in [0.25, 0.3) is 0 Å². The van der Waals surface area contributed by atoms with Crippen LogP contribution in [0.25, 0.3) is 0 Å². The summed E-state index contributed by atoms with van der Waals surface area (Å²) in [6, 6.07) is 0. The lowest BCUT2D eigenvalue weighted by Gasteiger charge is -2.21. The van der Waals surface area contributed by atoms with Gasteiger partial charge in [-0.1, -0.05) is 298 Å². The van der Waals surface area contributed by atoms with Crippen molar-refractivity contribution in [2.75, 3.05) is 39.6 Å². The molecule has 88 heavy (non-hydrogen) atoms. The third-order valence-electron chi connectivity index (χ3n) is 16.0. The van der Waals surface area contributed by atoms with Gasteiger partial charge in [0.1, 0.15) is 19.3 Å². The molecule has 0 aliphatic carbocycles. The van der Waals surface area contributed by atoms with E-state index in [1.54, 1.807) is 0 Å². The van der Waals surface area contributed by atoms with Gasteiger partial charge in [-0.2, -0.15) is 0 Å². The van der Waals surface area contributed by atoms with Crippen LogP contribution < -0.4 is 0 Å². The van der Waals surface area contributed by atoms with Crippen LogP contribution in [0.1, 0.15) is 350 Å². The molecule has 0 rings (SSSR count). The van der Waals surface area contributed by atoms with Crippen molar-refractivity contribution in [1.29, 1.82) is 0 Å². The largest absolute Gasteiger partial charge is 0.472 e. The van der Waals surface area contributed by atoms with Crippen LogP contribution in [-0.2, 0) is 65.4 Å². The molecule has 17 nitrogen and oxygen atoms in total. The maximum Gasteiger partial charge on any atom is 0.472 e. The number of carbonyl (C=O) groups excluding carboxylic acids is 4. The Morgan fingerprint density at radius 1 is 0.307 bits per heavy atom. The minimum absolute atomic E-state index is 0.103. The monoisotopic (exact) mass is 1300 g/mol. The molecule has 0 spiro atoms. The van der Waals surface area contributed by atoms with E-state index >= 15 is 0 Å². The Bertz CT molecular complexity index is 1720. The summed E-state index contributed by atoms with van der Waals surface area (Å²) in [6.07, 6.45) is 46.2. The number of hydrogen-bond acceptors (Lipinski definition) is 15. The molecule has 19 heteroatoms. The molecule has 0 aliphatic rings. The molecule has 0 aliphatic heterocycles. The van der Waals surface area contributed by atoms with Crippen molar-refractivity contribution in [3.63, 3.8) is 0 Å². The van der Waals surface area contributed by atoms with E-state index in [1.165, 1.54) is 141 Å². The normalized spacial score (nSPS) is 14.2. The van der Waals surface area contributed by atoms with Crippen LogP contribution >= 0.6 is 15.6 Å². The van der Waals surface area contributed by atoms with E-state index in [0.29, 0.717) is 25.7 Å². The summed E-state index contributed by atoms with van der Waals surface area (Å²) in [5.41, 5.74) is 0. The number of aliphatic hydroxyl groups is 1. The summed E-state index contributed by atoms with van der Waals surface area (Å²) in [4.78, 5) is 72.2. The van der Waals surface area contributed by atoms with E-state index in [9.17, 15) is 43.2 Å². The molecule has 0 amide bonds. The SMILES string of the molecule is CCCCCCCCCC(=O)OC[C@H](COP(=O)(O)OC[C@H](O)COP(=O)(O)OC[C@@H](COC(=O)CCCCCCCCCCCCCCC(C)C)OC(=O)CCCCCCCCCCCCCCCCCCC(C)C)OC(=O)CCCCCCCCC. The Kier molecular flexibility index (Phi) is 59.9. The second kappa shape index (κ2) is 61.3. The molecular weight excluding hydrogens is 1160 g/mol. The fraction of sp³-hybridized carbons (Fsp3) is 0.942. The predicted octanol–water partition coefficient (Wildman–Crippen LogP) is 19.6. The minimum atomic E-state index is -4.95. The maximum absolute atomic E-state index is 13.0. The fourth-order valence-corrected chi connectivity index (χ4v) is 12.0. The molecule has 0 saturated carbocycles. The second-order valence-electron chi connectivity index (χ2n) is 25.9. The number of esters is 4. The lowest BCUT2D eigenvalue weighted by Crippen LogP contribution is -2.30. The van der Waals surface area contributed by atoms with E-state index in [2.05, 4.69) is 41.5 Å². The van der Waals surface area contributed by atoms with Crippen molar-refractivity contribution in [3.05, 3.63) is 0 Å². The van der Waals surface area contributed by atoms with Crippen LogP contribution in [0.4, 0.5) is 0 Å². The van der Waals surface area contributed by atoms with Crippen molar-refractivity contribution in [1.82, 2.24) is 0 Å². The summed E-state index contributed by atoms with van der Waals surface area (Å²) in [6.45, 7) is 9.50. The third-order valence-corrected chi connectivity index (χ3v) is 17.9. The average Bonchev–Trinajstić information content (AvgIpc) is 3.58. The summed E-state index contributed by atoms with van der Waals surface area (Å²) in [5.74, 6) is -0.544. The molecule has 2 unspecified atom stereocenters. The molecule has 0 aromatic rings. The smallest absolute Gasteiger partial charge is 0.462 e. The van der Waals surface area contributed by atoms with Gasteiger partial charge in [-0.05, 0) is 37.5 Å². The number of ether oxygens (including phenoxy) is 4. The first-order valence-electron chi connectivity index (χ1n) is 36.0. The first kappa shape index (κ1) is 86.1. The van der Waals surface area contributed by atoms with Crippen molar-refractivity contribution in [3.8, 4) is 0 Å². The van der Waals surface area contributed by atoms with E-state index in [4.69, 9.17) is 37.0 Å². The Hall–Kier alpha value is -1.94. The number of hydrogen-bond donors (Lipinski definition) is 3. The van der Waals surface area contributed by atoms with Gasteiger partial charge >= 0.3 is 39.5 Å². The molecule has 5 atom stereocenters. The summed E-state index contributed by atoms with van der Waals surface area (Å²) in [7, 11) is -9.89. The first-order valence-corrected chi connectivity index (χ1v) is 39.0. The molecule has 3 N–H and O–H groups in total. The standard InChI is InChI=1S/C69H134O17P2/c1-7-9-11-13-31-39-45-51-66(71)79-57-64(85-68(73)53-47-41-32-14-12-10-8-2)59-83-87(75,76)81-55-63(70)56-82-88(77,78)84-60-65(58-80-67(72)52-46-40-35-29-25-22-21-24-28-34-38-44-50-62(5)6)86-69(74)54-48-42-36-30-26-20-18-16-15-17-19-23-27-33-37-43-49-61(3)4/h61-65,70H,7-60H2,1-6H3,(H,75,76)(H,77,78)/t63-,64+,65+/m0/s1. The zero-order chi connectivity index (χ0) is 65.0. The number of phosphoric acid groups is 2. The van der Waals surface area contributed by atoms with Gasteiger partial charge in [0.15, 0.2) is 12.2 Å². The third kappa shape index (κ3) is 62.8. The number of unbranched alkanes of at least 4 members (excludes halogenated alkanes) is 38. The summed E-state index contributed by atoms with van der Waals surface area (Å²) < 4.78 is 68.0. The molecule has 0 aromatic heterocycles. The van der Waals surface area contributed by atoms with Gasteiger partial charge in [0.05, 0.1) is 26.4 Å². The van der Waals surface area contributed by atoms with Gasteiger partial charge in [-0.25, -0.2) is 9.13 Å². The summed E-state index contributed by atoms with van der Waals surface area (Å²) >= 11 is 0. The van der Waals surface area contributed by atoms with Crippen LogP contribution in [0, 0.1) is 11.8 Å². The zero-order valence-electron chi connectivity index (χ0n) is 57.0. The number of aliphatic hydroxyl groups excluding tert-OH is 1. The lowest BCUT2D eigenvalue weighted by atomic mass is 10.0. The topological polar surface area (TPSA) is 237 Å². The van der Waals surface area contributed by atoms with Gasteiger partial charge in [-0.15, -0.1) is 0 Å². The van der Waals surface area contributed by atoms with Crippen LogP contribution in [0.2, 0.25) is 0 Å². The highest BCUT2D eigenvalue weighted by atomic mass is 31.2. The molecule has 522 valence electrons. The van der Waals surface area contributed by atoms with Crippen LogP contribution in [0.5, 0.6) is 0 Å². The molecule has 0 fully saturated rings. The molecule has 0 bridgehead atoms. The van der Waals surface area contributed by atoms with Crippen LogP contribution in [0.15, 0.2) is 0 Å². The van der Waals surface area contributed by atoms with E-state index in [0.717, 1.165) is 127 Å². The minimum Gasteiger partial charge on any atom is -0.462 e. The highest BCUT2D eigenvalue weighted by Crippen LogP contribution is 2.45. The molecule has 0 heterocycles. The molecule has 0 saturated heterocycles. The number of rotatable bonds is 68. The van der Waals surface area contributed by atoms with Crippen molar-refractivity contribution >= 4 is 39.5 Å². The van der Waals surface area contributed by atoms with Crippen molar-refractivity contribution in [2.45, 2.75) is 368 Å². The van der Waals surface area contributed by atoms with Gasteiger partial charge < -0.3 is 33.8 Å². The predicted molar refractivity (Wildman–Crippen MR) is 354 cm³/mol. The Morgan fingerprint density at radius 3 is 0.773 bits per heavy atom. The van der Waals surface area contributed by atoms with Gasteiger partial charge in [-0.3, -0.25) is 37.3 Å². The Morgan fingerprint density at radius 2 is 0.523 bits per heavy atom. The first-order chi connectivity index (χ1) is 42.4. The Balaban J connectivity index is 5.14.